The van der Waals surface area contributed by atoms with E-state index in [1.807, 2.05) is 54.6 Å². The number of benzene rings is 10. The van der Waals surface area contributed by atoms with Gasteiger partial charge in [-0.3, -0.25) is 0 Å². The minimum absolute atomic E-state index is 0.598. The number of hydrogen-bond donors (Lipinski definition) is 0. The van der Waals surface area contributed by atoms with Crippen molar-refractivity contribution in [2.24, 2.45) is 0 Å². The van der Waals surface area contributed by atoms with Gasteiger partial charge >= 0.3 is 0 Å². The first-order valence-electron chi connectivity index (χ1n) is 21.5. The topological polar surface area (TPSA) is 62.5 Å². The van der Waals surface area contributed by atoms with E-state index in [0.29, 0.717) is 23.0 Å². The van der Waals surface area contributed by atoms with Crippen LogP contribution in [-0.2, 0) is 0 Å². The predicted molar refractivity (Wildman–Crippen MR) is 262 cm³/mol. The molecule has 4 nitrogen and oxygen atoms in total. The fourth-order valence-electron chi connectivity index (χ4n) is 9.37. The van der Waals surface area contributed by atoms with Gasteiger partial charge in [0.05, 0.1) is 11.6 Å². The molecule has 1 aliphatic rings. The lowest BCUT2D eigenvalue weighted by atomic mass is 9.90. The van der Waals surface area contributed by atoms with Crippen LogP contribution in [0.25, 0.3) is 122 Å². The summed E-state index contributed by atoms with van der Waals surface area (Å²) in [4.78, 5) is 15.0. The molecule has 296 valence electrons. The minimum atomic E-state index is 0.598. The van der Waals surface area contributed by atoms with Crippen LogP contribution >= 0.6 is 0 Å². The third-order valence-electron chi connectivity index (χ3n) is 12.5. The zero-order valence-corrected chi connectivity index (χ0v) is 34.6. The van der Waals surface area contributed by atoms with Gasteiger partial charge in [-0.15, -0.1) is 0 Å². The van der Waals surface area contributed by atoms with Gasteiger partial charge in [-0.25, -0.2) is 15.0 Å². The van der Waals surface area contributed by atoms with Crippen LogP contribution in [0.1, 0.15) is 5.56 Å². The molecule has 0 fully saturated rings. The van der Waals surface area contributed by atoms with Crippen LogP contribution in [0, 0.1) is 11.3 Å². The van der Waals surface area contributed by atoms with Crippen molar-refractivity contribution >= 4 is 21.5 Å². The van der Waals surface area contributed by atoms with Crippen molar-refractivity contribution in [2.45, 2.75) is 0 Å². The Morgan fingerprint density at radius 3 is 1.50 bits per heavy atom. The summed E-state index contributed by atoms with van der Waals surface area (Å²) >= 11 is 0. The highest BCUT2D eigenvalue weighted by Gasteiger charge is 2.22. The molecule has 1 aliphatic carbocycles. The zero-order valence-electron chi connectivity index (χ0n) is 34.6. The van der Waals surface area contributed by atoms with Crippen molar-refractivity contribution in [1.29, 1.82) is 5.26 Å². The Morgan fingerprint density at radius 2 is 0.781 bits per heavy atom. The lowest BCUT2D eigenvalue weighted by Gasteiger charge is -2.14. The molecule has 1 heterocycles. The summed E-state index contributed by atoms with van der Waals surface area (Å²) in [5.74, 6) is 1.84. The molecule has 0 atom stereocenters. The Labute approximate surface area is 371 Å². The van der Waals surface area contributed by atoms with E-state index in [1.165, 1.54) is 49.5 Å². The van der Waals surface area contributed by atoms with Crippen molar-refractivity contribution in [3.63, 3.8) is 0 Å². The second kappa shape index (κ2) is 15.3. The van der Waals surface area contributed by atoms with E-state index in [1.54, 1.807) is 0 Å². The summed E-state index contributed by atoms with van der Waals surface area (Å²) in [6.45, 7) is 0. The van der Waals surface area contributed by atoms with Crippen LogP contribution in [0.15, 0.2) is 218 Å². The summed E-state index contributed by atoms with van der Waals surface area (Å²) in [6, 6.07) is 78.8. The number of nitriles is 1. The van der Waals surface area contributed by atoms with Gasteiger partial charge in [0.1, 0.15) is 0 Å². The molecule has 11 aromatic rings. The number of hydrogen-bond acceptors (Lipinski definition) is 4. The van der Waals surface area contributed by atoms with Gasteiger partial charge in [0, 0.05) is 16.7 Å². The maximum absolute atomic E-state index is 10.1. The summed E-state index contributed by atoms with van der Waals surface area (Å²) in [5, 5.41) is 14.9. The van der Waals surface area contributed by atoms with Crippen molar-refractivity contribution in [3.8, 4) is 107 Å². The van der Waals surface area contributed by atoms with E-state index in [-0.39, 0.29) is 0 Å². The lowest BCUT2D eigenvalue weighted by Crippen LogP contribution is -2.00. The number of fused-ring (bicyclic) bond motifs is 4. The average Bonchev–Trinajstić information content (AvgIpc) is 3.71. The van der Waals surface area contributed by atoms with Crippen molar-refractivity contribution in [3.05, 3.63) is 224 Å². The van der Waals surface area contributed by atoms with Crippen molar-refractivity contribution < 1.29 is 0 Å². The quantitative estimate of drug-likeness (QED) is 0.161. The monoisotopic (exact) mass is 812 g/mol. The van der Waals surface area contributed by atoms with E-state index < -0.39 is 0 Å². The van der Waals surface area contributed by atoms with E-state index >= 15 is 0 Å². The van der Waals surface area contributed by atoms with Crippen LogP contribution in [0.2, 0.25) is 0 Å². The van der Waals surface area contributed by atoms with Gasteiger partial charge in [0.25, 0.3) is 0 Å². The van der Waals surface area contributed by atoms with Crippen LogP contribution in [0.3, 0.4) is 0 Å². The molecule has 1 aromatic heterocycles. The number of nitrogens with zero attached hydrogens (tertiary/aromatic N) is 4. The van der Waals surface area contributed by atoms with Crippen molar-refractivity contribution in [1.82, 2.24) is 15.0 Å². The molecule has 0 N–H and O–H groups in total. The Morgan fingerprint density at radius 1 is 0.281 bits per heavy atom. The van der Waals surface area contributed by atoms with Gasteiger partial charge in [-0.2, -0.15) is 5.26 Å². The largest absolute Gasteiger partial charge is 0.208 e. The van der Waals surface area contributed by atoms with Crippen LogP contribution in [0.5, 0.6) is 0 Å². The van der Waals surface area contributed by atoms with Gasteiger partial charge in [-0.1, -0.05) is 188 Å². The second-order valence-corrected chi connectivity index (χ2v) is 16.3. The second-order valence-electron chi connectivity index (χ2n) is 16.3. The third-order valence-corrected chi connectivity index (χ3v) is 12.5. The molecule has 12 rings (SSSR count). The normalized spacial score (nSPS) is 11.4. The smallest absolute Gasteiger partial charge is 0.164 e. The summed E-state index contributed by atoms with van der Waals surface area (Å²) in [7, 11) is 0. The maximum Gasteiger partial charge on any atom is 0.164 e. The van der Waals surface area contributed by atoms with E-state index in [0.717, 1.165) is 55.5 Å². The fraction of sp³-hybridized carbons (Fsp3) is 0. The minimum Gasteiger partial charge on any atom is -0.208 e. The predicted octanol–water partition coefficient (Wildman–Crippen LogP) is 15.4. The molecular weight excluding hydrogens is 777 g/mol. The first-order valence-corrected chi connectivity index (χ1v) is 21.5. The van der Waals surface area contributed by atoms with E-state index in [2.05, 4.69) is 170 Å². The Bertz CT molecular complexity index is 3650. The molecule has 0 saturated heterocycles. The molecular formula is C60H36N4. The van der Waals surface area contributed by atoms with Crippen molar-refractivity contribution in [2.75, 3.05) is 0 Å². The molecule has 0 spiro atoms. The first-order chi connectivity index (χ1) is 31.6. The highest BCUT2D eigenvalue weighted by molar-refractivity contribution is 6.18. The highest BCUT2D eigenvalue weighted by atomic mass is 15.0. The highest BCUT2D eigenvalue weighted by Crippen LogP contribution is 2.49. The zero-order chi connectivity index (χ0) is 42.6. The van der Waals surface area contributed by atoms with Crippen LogP contribution in [-0.4, -0.2) is 15.0 Å². The molecule has 0 unspecified atom stereocenters. The van der Waals surface area contributed by atoms with Gasteiger partial charge in [-0.05, 0) is 119 Å². The summed E-state index contributed by atoms with van der Waals surface area (Å²) in [5.41, 5.74) is 17.2. The lowest BCUT2D eigenvalue weighted by molar-refractivity contribution is 1.07. The average molecular weight is 813 g/mol. The molecule has 0 radical (unpaired) electrons. The van der Waals surface area contributed by atoms with Gasteiger partial charge in [0.15, 0.2) is 17.5 Å². The molecule has 10 aromatic carbocycles. The Hall–Kier alpha value is -8.78. The summed E-state index contributed by atoms with van der Waals surface area (Å²) in [6.07, 6.45) is 0. The fourth-order valence-corrected chi connectivity index (χ4v) is 9.37. The number of rotatable bonds is 7. The molecule has 0 saturated carbocycles. The Kier molecular flexibility index (Phi) is 8.84. The summed E-state index contributed by atoms with van der Waals surface area (Å²) < 4.78 is 0. The third kappa shape index (κ3) is 6.43. The molecule has 0 amide bonds. The van der Waals surface area contributed by atoms with Crippen LogP contribution in [0.4, 0.5) is 0 Å². The molecule has 0 bridgehead atoms. The van der Waals surface area contributed by atoms with E-state index in [4.69, 9.17) is 15.0 Å². The molecule has 4 heteroatoms. The SMILES string of the molecule is N#Cc1ccc(-c2ccc(-c3nc(-c4ccccc4)nc(-c4ccc5ccccc5c4)n3)cc2)c(-c2cccc(-c3cccc(-c4ccc5c6c(cccc46)-c4ccccc4-5)c3)c2)c1. The van der Waals surface area contributed by atoms with Gasteiger partial charge in [0.2, 0.25) is 0 Å². The van der Waals surface area contributed by atoms with Crippen LogP contribution < -0.4 is 0 Å². The first kappa shape index (κ1) is 37.0. The maximum atomic E-state index is 10.1. The van der Waals surface area contributed by atoms with E-state index in [9.17, 15) is 5.26 Å². The molecule has 0 aliphatic heterocycles. The number of aromatic nitrogens is 3. The van der Waals surface area contributed by atoms with Gasteiger partial charge < -0.3 is 0 Å². The Balaban J connectivity index is 0.901. The molecule has 64 heavy (non-hydrogen) atoms. The standard InChI is InChI=1S/C60H36N4/c61-37-38-23-30-49(40-25-27-42(28-26-40)59-62-58(41-12-2-1-3-13-41)63-60(64-59)48-29-24-39-11-4-5-14-43(39)36-48)56(33-38)47-18-9-16-45(35-47)44-15-8-17-46(34-44)50-31-32-55-52-20-7-6-19-51(52)54-22-10-21-53(50)57(54)55/h1-36H.